The van der Waals surface area contributed by atoms with Gasteiger partial charge in [-0.3, -0.25) is 4.31 Å². The predicted molar refractivity (Wildman–Crippen MR) is 86.4 cm³/mol. The van der Waals surface area contributed by atoms with Crippen LogP contribution in [0.25, 0.3) is 0 Å². The Bertz CT molecular complexity index is 675. The van der Waals surface area contributed by atoms with Gasteiger partial charge in [0, 0.05) is 18.7 Å². The highest BCUT2D eigenvalue weighted by Crippen LogP contribution is 2.35. The van der Waals surface area contributed by atoms with Crippen LogP contribution in [0.3, 0.4) is 0 Å². The highest BCUT2D eigenvalue weighted by molar-refractivity contribution is 7.92. The van der Waals surface area contributed by atoms with Crippen molar-refractivity contribution in [3.05, 3.63) is 18.2 Å². The maximum Gasteiger partial charge on any atom is 0.315 e. The summed E-state index contributed by atoms with van der Waals surface area (Å²) in [6, 6.07) is 4.59. The van der Waals surface area contributed by atoms with Crippen LogP contribution in [0.2, 0.25) is 0 Å². The molecule has 0 radical (unpaired) electrons. The molecule has 9 heteroatoms. The summed E-state index contributed by atoms with van der Waals surface area (Å²) in [5.74, 6) is 1.08. The molecule has 1 aromatic carbocycles. The van der Waals surface area contributed by atoms with Gasteiger partial charge in [-0.15, -0.1) is 0 Å². The first kappa shape index (κ1) is 17.2. The average Bonchev–Trinajstić information content (AvgIpc) is 2.88. The summed E-state index contributed by atoms with van der Waals surface area (Å²) >= 11 is 0. The molecule has 0 saturated heterocycles. The molecule has 2 N–H and O–H groups in total. The van der Waals surface area contributed by atoms with Gasteiger partial charge < -0.3 is 20.1 Å². The van der Waals surface area contributed by atoms with E-state index >= 15 is 0 Å². The van der Waals surface area contributed by atoms with Crippen molar-refractivity contribution in [2.45, 2.75) is 19.9 Å². The van der Waals surface area contributed by atoms with Crippen LogP contribution in [0, 0.1) is 0 Å². The second-order valence-electron chi connectivity index (χ2n) is 5.43. The van der Waals surface area contributed by atoms with E-state index in [1.807, 2.05) is 13.8 Å². The zero-order valence-electron chi connectivity index (χ0n) is 13.3. The largest absolute Gasteiger partial charge is 0.454 e. The summed E-state index contributed by atoms with van der Waals surface area (Å²) in [6.07, 6.45) is 1.12. The summed E-state index contributed by atoms with van der Waals surface area (Å²) in [7, 11) is -3.49. The van der Waals surface area contributed by atoms with Gasteiger partial charge in [0.2, 0.25) is 16.8 Å². The van der Waals surface area contributed by atoms with Crippen LogP contribution in [0.4, 0.5) is 10.5 Å². The van der Waals surface area contributed by atoms with Gasteiger partial charge in [-0.2, -0.15) is 0 Å². The van der Waals surface area contributed by atoms with E-state index in [0.29, 0.717) is 17.2 Å². The Labute approximate surface area is 135 Å². The molecule has 8 nitrogen and oxygen atoms in total. The summed E-state index contributed by atoms with van der Waals surface area (Å²) in [5, 5.41) is 5.30. The molecule has 0 aliphatic carbocycles. The summed E-state index contributed by atoms with van der Waals surface area (Å²) in [5.41, 5.74) is 0.461. The van der Waals surface area contributed by atoms with E-state index in [9.17, 15) is 13.2 Å². The van der Waals surface area contributed by atoms with Crippen molar-refractivity contribution >= 4 is 21.7 Å². The Balaban J connectivity index is 2.05. The van der Waals surface area contributed by atoms with Gasteiger partial charge in [0.15, 0.2) is 11.5 Å². The maximum atomic E-state index is 12.0. The van der Waals surface area contributed by atoms with E-state index in [4.69, 9.17) is 9.47 Å². The molecule has 128 valence electrons. The Kier molecular flexibility index (Phi) is 5.19. The molecule has 0 aromatic heterocycles. The normalized spacial score (nSPS) is 13.0. The zero-order chi connectivity index (χ0) is 17.0. The number of carbonyl (C=O) groups excluding carboxylic acids is 1. The summed E-state index contributed by atoms with van der Waals surface area (Å²) < 4.78 is 35.7. The number of amides is 2. The van der Waals surface area contributed by atoms with E-state index in [-0.39, 0.29) is 32.0 Å². The van der Waals surface area contributed by atoms with Crippen LogP contribution in [0.5, 0.6) is 11.5 Å². The number of carbonyl (C=O) groups is 1. The van der Waals surface area contributed by atoms with Crippen LogP contribution < -0.4 is 24.4 Å². The lowest BCUT2D eigenvalue weighted by Gasteiger charge is -2.23. The van der Waals surface area contributed by atoms with Crippen molar-refractivity contribution in [1.29, 1.82) is 0 Å². The molecule has 1 aromatic rings. The van der Waals surface area contributed by atoms with Crippen molar-refractivity contribution in [1.82, 2.24) is 10.6 Å². The SMILES string of the molecule is CC(C)NC(=O)NCCN(c1ccc2c(c1)OCO2)S(C)(=O)=O. The number of nitrogens with zero attached hydrogens (tertiary/aromatic N) is 1. The number of anilines is 1. The van der Waals surface area contributed by atoms with Crippen molar-refractivity contribution in [3.8, 4) is 11.5 Å². The molecule has 1 heterocycles. The monoisotopic (exact) mass is 343 g/mol. The highest BCUT2D eigenvalue weighted by Gasteiger charge is 2.21. The first-order valence-electron chi connectivity index (χ1n) is 7.19. The molecule has 1 aliphatic heterocycles. The Morgan fingerprint density at radius 1 is 1.30 bits per heavy atom. The number of benzene rings is 1. The molecule has 2 amide bonds. The first-order valence-corrected chi connectivity index (χ1v) is 9.04. The van der Waals surface area contributed by atoms with Crippen molar-refractivity contribution in [2.24, 2.45) is 0 Å². The van der Waals surface area contributed by atoms with Crippen LogP contribution in [0.1, 0.15) is 13.8 Å². The second-order valence-corrected chi connectivity index (χ2v) is 7.33. The quantitative estimate of drug-likeness (QED) is 0.799. The molecule has 0 saturated carbocycles. The van der Waals surface area contributed by atoms with Crippen LogP contribution in [0.15, 0.2) is 18.2 Å². The minimum atomic E-state index is -3.49. The number of fused-ring (bicyclic) bond motifs is 1. The van der Waals surface area contributed by atoms with Crippen molar-refractivity contribution in [3.63, 3.8) is 0 Å². The number of hydrogen-bond donors (Lipinski definition) is 2. The van der Waals surface area contributed by atoms with E-state index in [0.717, 1.165) is 6.26 Å². The number of ether oxygens (including phenoxy) is 2. The fourth-order valence-corrected chi connectivity index (χ4v) is 3.03. The molecule has 2 rings (SSSR count). The zero-order valence-corrected chi connectivity index (χ0v) is 14.1. The van der Waals surface area contributed by atoms with Gasteiger partial charge in [0.05, 0.1) is 18.5 Å². The third kappa shape index (κ3) is 4.65. The molecule has 0 bridgehead atoms. The highest BCUT2D eigenvalue weighted by atomic mass is 32.2. The second kappa shape index (κ2) is 6.95. The van der Waals surface area contributed by atoms with Gasteiger partial charge >= 0.3 is 6.03 Å². The maximum absolute atomic E-state index is 12.0. The van der Waals surface area contributed by atoms with E-state index in [2.05, 4.69) is 10.6 Å². The number of urea groups is 1. The Morgan fingerprint density at radius 3 is 2.65 bits per heavy atom. The fourth-order valence-electron chi connectivity index (χ4n) is 2.11. The van der Waals surface area contributed by atoms with Crippen LogP contribution >= 0.6 is 0 Å². The van der Waals surface area contributed by atoms with E-state index < -0.39 is 10.0 Å². The molecule has 0 atom stereocenters. The Morgan fingerprint density at radius 2 is 2.00 bits per heavy atom. The third-order valence-corrected chi connectivity index (χ3v) is 4.26. The molecule has 0 unspecified atom stereocenters. The first-order chi connectivity index (χ1) is 10.8. The number of hydrogen-bond acceptors (Lipinski definition) is 5. The molecular weight excluding hydrogens is 322 g/mol. The number of sulfonamides is 1. The summed E-state index contributed by atoms with van der Waals surface area (Å²) in [4.78, 5) is 11.5. The number of nitrogens with one attached hydrogen (secondary N) is 2. The third-order valence-electron chi connectivity index (χ3n) is 3.06. The van der Waals surface area contributed by atoms with Gasteiger partial charge in [-0.05, 0) is 26.0 Å². The molecule has 0 spiro atoms. The summed E-state index contributed by atoms with van der Waals surface area (Å²) in [6.45, 7) is 4.10. The molecule has 23 heavy (non-hydrogen) atoms. The standard InChI is InChI=1S/C14H21N3O5S/c1-10(2)16-14(18)15-6-7-17(23(3,19)20)11-4-5-12-13(8-11)22-9-21-12/h4-5,8,10H,6-7,9H2,1-3H3,(H2,15,16,18). The van der Waals surface area contributed by atoms with E-state index in [1.165, 1.54) is 4.31 Å². The lowest BCUT2D eigenvalue weighted by Crippen LogP contribution is -2.43. The minimum Gasteiger partial charge on any atom is -0.454 e. The van der Waals surface area contributed by atoms with Crippen LogP contribution in [-0.2, 0) is 10.0 Å². The molecule has 1 aliphatic rings. The molecule has 0 fully saturated rings. The minimum absolute atomic E-state index is 0.00914. The van der Waals surface area contributed by atoms with Crippen molar-refractivity contribution < 1.29 is 22.7 Å². The number of rotatable bonds is 6. The topological polar surface area (TPSA) is 97.0 Å². The fraction of sp³-hybridized carbons (Fsp3) is 0.500. The van der Waals surface area contributed by atoms with E-state index in [1.54, 1.807) is 18.2 Å². The lowest BCUT2D eigenvalue weighted by atomic mass is 10.3. The Hall–Kier alpha value is -2.16. The van der Waals surface area contributed by atoms with Gasteiger partial charge in [0.1, 0.15) is 0 Å². The average molecular weight is 343 g/mol. The van der Waals surface area contributed by atoms with Crippen molar-refractivity contribution in [2.75, 3.05) is 30.4 Å². The van der Waals surface area contributed by atoms with Gasteiger partial charge in [0.25, 0.3) is 0 Å². The smallest absolute Gasteiger partial charge is 0.315 e. The van der Waals surface area contributed by atoms with Gasteiger partial charge in [-0.25, -0.2) is 13.2 Å². The lowest BCUT2D eigenvalue weighted by molar-refractivity contribution is 0.174. The van der Waals surface area contributed by atoms with Crippen LogP contribution in [-0.4, -0.2) is 46.6 Å². The molecular formula is C14H21N3O5S. The predicted octanol–water partition coefficient (Wildman–Crippen LogP) is 0.889. The van der Waals surface area contributed by atoms with Gasteiger partial charge in [-0.1, -0.05) is 0 Å².